The zero-order valence-electron chi connectivity index (χ0n) is 12.3. The Morgan fingerprint density at radius 1 is 1.32 bits per heavy atom. The molecule has 2 aliphatic rings. The van der Waals surface area contributed by atoms with Crippen molar-refractivity contribution < 1.29 is 4.74 Å². The van der Waals surface area contributed by atoms with E-state index in [4.69, 9.17) is 4.74 Å². The number of hydrogen-bond donors (Lipinski definition) is 1. The van der Waals surface area contributed by atoms with E-state index >= 15 is 0 Å². The maximum Gasteiger partial charge on any atom is 0.106 e. The molecule has 4 heteroatoms. The van der Waals surface area contributed by atoms with E-state index in [1.54, 1.807) is 0 Å². The molecule has 2 fully saturated rings. The van der Waals surface area contributed by atoms with Crippen molar-refractivity contribution in [3.05, 3.63) is 0 Å². The number of nitrogens with zero attached hydrogens (tertiary/aromatic N) is 2. The molecule has 2 rings (SSSR count). The molecule has 0 aromatic carbocycles. The van der Waals surface area contributed by atoms with Crippen molar-refractivity contribution in [1.29, 1.82) is 5.26 Å². The first-order valence-electron chi connectivity index (χ1n) is 7.75. The fourth-order valence-electron chi connectivity index (χ4n) is 3.39. The van der Waals surface area contributed by atoms with Gasteiger partial charge in [-0.05, 0) is 45.2 Å². The van der Waals surface area contributed by atoms with Crippen LogP contribution in [-0.4, -0.2) is 48.8 Å². The molecule has 0 aromatic heterocycles. The fourth-order valence-corrected chi connectivity index (χ4v) is 3.39. The lowest BCUT2D eigenvalue weighted by molar-refractivity contribution is -0.0388. The Labute approximate surface area is 117 Å². The molecule has 2 bridgehead atoms. The van der Waals surface area contributed by atoms with Crippen molar-refractivity contribution in [3.8, 4) is 6.07 Å². The Balaban J connectivity index is 1.75. The lowest BCUT2D eigenvalue weighted by atomic mass is 9.92. The van der Waals surface area contributed by atoms with E-state index in [9.17, 15) is 5.26 Å². The van der Waals surface area contributed by atoms with Crippen LogP contribution in [0.2, 0.25) is 0 Å². The van der Waals surface area contributed by atoms with Crippen LogP contribution in [0.15, 0.2) is 0 Å². The van der Waals surface area contributed by atoms with Crippen LogP contribution < -0.4 is 5.32 Å². The van der Waals surface area contributed by atoms with Crippen molar-refractivity contribution in [1.82, 2.24) is 10.2 Å². The number of nitriles is 1. The first kappa shape index (κ1) is 14.8. The van der Waals surface area contributed by atoms with Crippen molar-refractivity contribution in [2.24, 2.45) is 0 Å². The minimum Gasteiger partial charge on any atom is -0.372 e. The van der Waals surface area contributed by atoms with Crippen LogP contribution in [0, 0.1) is 11.3 Å². The van der Waals surface area contributed by atoms with Crippen molar-refractivity contribution in [2.45, 2.75) is 63.7 Å². The zero-order valence-corrected chi connectivity index (χ0v) is 12.3. The molecular weight excluding hydrogens is 238 g/mol. The van der Waals surface area contributed by atoms with E-state index in [0.717, 1.165) is 45.4 Å². The van der Waals surface area contributed by atoms with E-state index in [0.29, 0.717) is 12.2 Å². The summed E-state index contributed by atoms with van der Waals surface area (Å²) >= 11 is 0. The minimum atomic E-state index is -0.319. The Hall–Kier alpha value is -0.630. The summed E-state index contributed by atoms with van der Waals surface area (Å²) in [4.78, 5) is 2.52. The highest BCUT2D eigenvalue weighted by Gasteiger charge is 2.33. The largest absolute Gasteiger partial charge is 0.372 e. The molecule has 0 amide bonds. The van der Waals surface area contributed by atoms with Crippen LogP contribution >= 0.6 is 0 Å². The lowest BCUT2D eigenvalue weighted by Crippen LogP contribution is -2.45. The third-order valence-electron chi connectivity index (χ3n) is 4.53. The molecule has 0 spiro atoms. The van der Waals surface area contributed by atoms with Crippen LogP contribution in [0.1, 0.15) is 46.0 Å². The van der Waals surface area contributed by atoms with E-state index in [-0.39, 0.29) is 5.54 Å². The predicted molar refractivity (Wildman–Crippen MR) is 75.9 cm³/mol. The normalized spacial score (nSPS) is 29.9. The van der Waals surface area contributed by atoms with Gasteiger partial charge in [0.1, 0.15) is 5.54 Å². The summed E-state index contributed by atoms with van der Waals surface area (Å²) < 4.78 is 5.85. The standard InChI is InChI=1S/C15H27N3O/c1-3-15(12-16,17-4-2)8-5-9-18-10-13-6-7-14(11-18)19-13/h13-14,17H,3-11H2,1-2H3. The van der Waals surface area contributed by atoms with Crippen molar-refractivity contribution >= 4 is 0 Å². The number of fused-ring (bicyclic) bond motifs is 2. The van der Waals surface area contributed by atoms with Crippen LogP contribution in [-0.2, 0) is 4.74 Å². The maximum atomic E-state index is 9.39. The Bertz CT molecular complexity index is 316. The predicted octanol–water partition coefficient (Wildman–Crippen LogP) is 1.91. The molecule has 3 atom stereocenters. The van der Waals surface area contributed by atoms with Crippen molar-refractivity contribution in [2.75, 3.05) is 26.2 Å². The maximum absolute atomic E-state index is 9.39. The summed E-state index contributed by atoms with van der Waals surface area (Å²) in [5.41, 5.74) is -0.319. The van der Waals surface area contributed by atoms with Gasteiger partial charge in [0.25, 0.3) is 0 Å². The molecule has 0 aliphatic carbocycles. The fraction of sp³-hybridized carbons (Fsp3) is 0.933. The van der Waals surface area contributed by atoms with Gasteiger partial charge in [0.05, 0.1) is 18.3 Å². The molecule has 4 nitrogen and oxygen atoms in total. The molecular formula is C15H27N3O. The van der Waals surface area contributed by atoms with E-state index < -0.39 is 0 Å². The lowest BCUT2D eigenvalue weighted by Gasteiger charge is -2.33. The third kappa shape index (κ3) is 3.68. The molecule has 19 heavy (non-hydrogen) atoms. The zero-order chi connectivity index (χ0) is 13.7. The summed E-state index contributed by atoms with van der Waals surface area (Å²) in [6.45, 7) is 8.31. The average Bonchev–Trinajstić information content (AvgIpc) is 2.77. The smallest absolute Gasteiger partial charge is 0.106 e. The van der Waals surface area contributed by atoms with Gasteiger partial charge in [-0.25, -0.2) is 0 Å². The van der Waals surface area contributed by atoms with Gasteiger partial charge in [-0.3, -0.25) is 10.2 Å². The first-order valence-corrected chi connectivity index (χ1v) is 7.75. The number of likely N-dealkylation sites (tertiary alicyclic amines) is 1. The second-order valence-electron chi connectivity index (χ2n) is 5.90. The van der Waals surface area contributed by atoms with Crippen LogP contribution in [0.4, 0.5) is 0 Å². The average molecular weight is 265 g/mol. The molecule has 0 saturated carbocycles. The number of nitrogens with one attached hydrogen (secondary N) is 1. The summed E-state index contributed by atoms with van der Waals surface area (Å²) in [6.07, 6.45) is 6.32. The van der Waals surface area contributed by atoms with Gasteiger partial charge < -0.3 is 4.74 Å². The summed E-state index contributed by atoms with van der Waals surface area (Å²) in [7, 11) is 0. The highest BCUT2D eigenvalue weighted by atomic mass is 16.5. The van der Waals surface area contributed by atoms with Crippen LogP contribution in [0.5, 0.6) is 0 Å². The van der Waals surface area contributed by atoms with E-state index in [2.05, 4.69) is 30.1 Å². The Morgan fingerprint density at radius 2 is 2.00 bits per heavy atom. The number of rotatable bonds is 7. The molecule has 2 aliphatic heterocycles. The van der Waals surface area contributed by atoms with Gasteiger partial charge in [-0.15, -0.1) is 0 Å². The van der Waals surface area contributed by atoms with Gasteiger partial charge in [0, 0.05) is 13.1 Å². The molecule has 0 aromatic rings. The second-order valence-corrected chi connectivity index (χ2v) is 5.90. The topological polar surface area (TPSA) is 48.3 Å². The van der Waals surface area contributed by atoms with Crippen LogP contribution in [0.3, 0.4) is 0 Å². The van der Waals surface area contributed by atoms with Crippen molar-refractivity contribution in [3.63, 3.8) is 0 Å². The molecule has 2 saturated heterocycles. The van der Waals surface area contributed by atoms with E-state index in [1.807, 2.05) is 0 Å². The first-order chi connectivity index (χ1) is 9.21. The minimum absolute atomic E-state index is 0.319. The second kappa shape index (κ2) is 6.69. The highest BCUT2D eigenvalue weighted by Crippen LogP contribution is 2.26. The van der Waals surface area contributed by atoms with E-state index in [1.165, 1.54) is 12.8 Å². The Kier molecular flexibility index (Phi) is 5.20. The summed E-state index contributed by atoms with van der Waals surface area (Å²) in [5, 5.41) is 12.8. The van der Waals surface area contributed by atoms with Gasteiger partial charge in [0.15, 0.2) is 0 Å². The number of ether oxygens (including phenoxy) is 1. The monoisotopic (exact) mass is 265 g/mol. The van der Waals surface area contributed by atoms with Gasteiger partial charge in [-0.1, -0.05) is 13.8 Å². The number of hydrogen-bond acceptors (Lipinski definition) is 4. The highest BCUT2D eigenvalue weighted by molar-refractivity contribution is 5.06. The molecule has 2 heterocycles. The Morgan fingerprint density at radius 3 is 2.53 bits per heavy atom. The third-order valence-corrected chi connectivity index (χ3v) is 4.53. The summed E-state index contributed by atoms with van der Waals surface area (Å²) in [6, 6.07) is 2.48. The molecule has 108 valence electrons. The SMILES string of the molecule is CCNC(C#N)(CC)CCCN1CC2CCC(C1)O2. The quantitative estimate of drug-likeness (QED) is 0.764. The van der Waals surface area contributed by atoms with Gasteiger partial charge in [-0.2, -0.15) is 5.26 Å². The van der Waals surface area contributed by atoms with Crippen LogP contribution in [0.25, 0.3) is 0 Å². The number of morpholine rings is 1. The molecule has 3 unspecified atom stereocenters. The molecule has 0 radical (unpaired) electrons. The van der Waals surface area contributed by atoms with Gasteiger partial charge >= 0.3 is 0 Å². The molecule has 1 N–H and O–H groups in total. The van der Waals surface area contributed by atoms with Gasteiger partial charge in [0.2, 0.25) is 0 Å². The summed E-state index contributed by atoms with van der Waals surface area (Å²) in [5.74, 6) is 0.